The number of fused-ring (bicyclic) bond motifs is 1. The number of rotatable bonds is 6. The molecule has 0 radical (unpaired) electrons. The van der Waals surface area contributed by atoms with E-state index in [1.54, 1.807) is 0 Å². The van der Waals surface area contributed by atoms with Crippen molar-refractivity contribution in [1.82, 2.24) is 0 Å². The Morgan fingerprint density at radius 1 is 1.24 bits per heavy atom. The fourth-order valence-electron chi connectivity index (χ4n) is 2.40. The molecule has 2 heteroatoms. The van der Waals surface area contributed by atoms with Gasteiger partial charge in [0.2, 0.25) is 0 Å². The summed E-state index contributed by atoms with van der Waals surface area (Å²) in [5.74, 6) is 1.03. The maximum absolute atomic E-state index is 5.77. The van der Waals surface area contributed by atoms with Gasteiger partial charge in [0.25, 0.3) is 0 Å². The molecule has 2 N–H and O–H groups in total. The fourth-order valence-corrected chi connectivity index (χ4v) is 2.40. The SMILES string of the molecule is CC(N)CCCCOc1ccc2c(c1)CCC2. The normalized spacial score (nSPS) is 15.6. The minimum atomic E-state index is 0.315. The summed E-state index contributed by atoms with van der Waals surface area (Å²) in [6.45, 7) is 2.87. The summed E-state index contributed by atoms with van der Waals surface area (Å²) in [6, 6.07) is 6.86. The maximum atomic E-state index is 5.77. The third-order valence-corrected chi connectivity index (χ3v) is 3.39. The first kappa shape index (κ1) is 12.4. The molecule has 94 valence electrons. The van der Waals surface area contributed by atoms with Crippen LogP contribution in [0.25, 0.3) is 0 Å². The van der Waals surface area contributed by atoms with E-state index in [4.69, 9.17) is 10.5 Å². The lowest BCUT2D eigenvalue weighted by Gasteiger charge is -2.09. The maximum Gasteiger partial charge on any atom is 0.119 e. The van der Waals surface area contributed by atoms with E-state index in [-0.39, 0.29) is 0 Å². The molecule has 0 fully saturated rings. The summed E-state index contributed by atoms with van der Waals surface area (Å²) >= 11 is 0. The summed E-state index contributed by atoms with van der Waals surface area (Å²) in [7, 11) is 0. The molecular formula is C15H23NO. The van der Waals surface area contributed by atoms with Crippen molar-refractivity contribution in [2.45, 2.75) is 51.5 Å². The van der Waals surface area contributed by atoms with Gasteiger partial charge in [0.15, 0.2) is 0 Å². The zero-order chi connectivity index (χ0) is 12.1. The summed E-state index contributed by atoms with van der Waals surface area (Å²) < 4.78 is 5.77. The second-order valence-corrected chi connectivity index (χ2v) is 5.11. The number of unbranched alkanes of at least 4 members (excludes halogenated alkanes) is 1. The Hall–Kier alpha value is -1.02. The molecule has 0 aliphatic heterocycles. The Labute approximate surface area is 104 Å². The molecule has 0 aromatic heterocycles. The van der Waals surface area contributed by atoms with E-state index in [0.717, 1.165) is 31.6 Å². The van der Waals surface area contributed by atoms with Gasteiger partial charge in [0.05, 0.1) is 6.61 Å². The first-order valence-electron chi connectivity index (χ1n) is 6.76. The Kier molecular flexibility index (Phi) is 4.43. The van der Waals surface area contributed by atoms with Crippen LogP contribution < -0.4 is 10.5 Å². The van der Waals surface area contributed by atoms with Crippen LogP contribution >= 0.6 is 0 Å². The summed E-state index contributed by atoms with van der Waals surface area (Å²) in [5.41, 5.74) is 8.70. The second-order valence-electron chi connectivity index (χ2n) is 5.11. The largest absolute Gasteiger partial charge is 0.494 e. The van der Waals surface area contributed by atoms with Gasteiger partial charge in [0.1, 0.15) is 5.75 Å². The van der Waals surface area contributed by atoms with Crippen LogP contribution in [0, 0.1) is 0 Å². The molecule has 2 nitrogen and oxygen atoms in total. The summed E-state index contributed by atoms with van der Waals surface area (Å²) in [4.78, 5) is 0. The van der Waals surface area contributed by atoms with Crippen LogP contribution in [0.4, 0.5) is 0 Å². The second kappa shape index (κ2) is 6.06. The molecule has 0 amide bonds. The predicted molar refractivity (Wildman–Crippen MR) is 71.5 cm³/mol. The van der Waals surface area contributed by atoms with Gasteiger partial charge in [-0.2, -0.15) is 0 Å². The minimum Gasteiger partial charge on any atom is -0.494 e. The molecule has 0 saturated heterocycles. The van der Waals surface area contributed by atoms with Crippen LogP contribution in [0.2, 0.25) is 0 Å². The molecule has 1 unspecified atom stereocenters. The lowest BCUT2D eigenvalue weighted by molar-refractivity contribution is 0.303. The molecule has 0 heterocycles. The van der Waals surface area contributed by atoms with Crippen LogP contribution in [-0.2, 0) is 12.8 Å². The van der Waals surface area contributed by atoms with E-state index in [1.165, 1.54) is 30.4 Å². The summed E-state index contributed by atoms with van der Waals surface area (Å²) in [5, 5.41) is 0. The summed E-state index contributed by atoms with van der Waals surface area (Å²) in [6.07, 6.45) is 7.10. The average molecular weight is 233 g/mol. The fraction of sp³-hybridized carbons (Fsp3) is 0.600. The van der Waals surface area contributed by atoms with Crippen LogP contribution in [-0.4, -0.2) is 12.6 Å². The highest BCUT2D eigenvalue weighted by Gasteiger charge is 2.10. The zero-order valence-corrected chi connectivity index (χ0v) is 10.7. The van der Waals surface area contributed by atoms with E-state index in [2.05, 4.69) is 25.1 Å². The number of nitrogens with two attached hydrogens (primary N) is 1. The first-order chi connectivity index (χ1) is 8.25. The lowest BCUT2D eigenvalue weighted by Crippen LogP contribution is -2.14. The zero-order valence-electron chi connectivity index (χ0n) is 10.7. The monoisotopic (exact) mass is 233 g/mol. The number of aryl methyl sites for hydroxylation is 2. The van der Waals surface area contributed by atoms with Crippen LogP contribution in [0.5, 0.6) is 5.75 Å². The van der Waals surface area contributed by atoms with Gasteiger partial charge in [-0.15, -0.1) is 0 Å². The van der Waals surface area contributed by atoms with Gasteiger partial charge in [0, 0.05) is 6.04 Å². The van der Waals surface area contributed by atoms with E-state index in [1.807, 2.05) is 0 Å². The molecule has 2 rings (SSSR count). The highest BCUT2D eigenvalue weighted by Crippen LogP contribution is 2.26. The molecule has 1 aromatic rings. The molecule has 1 aromatic carbocycles. The molecule has 1 atom stereocenters. The van der Waals surface area contributed by atoms with Crippen molar-refractivity contribution in [3.63, 3.8) is 0 Å². The van der Waals surface area contributed by atoms with Crippen molar-refractivity contribution >= 4 is 0 Å². The smallest absolute Gasteiger partial charge is 0.119 e. The third kappa shape index (κ3) is 3.74. The highest BCUT2D eigenvalue weighted by molar-refractivity contribution is 5.38. The van der Waals surface area contributed by atoms with Crippen molar-refractivity contribution in [1.29, 1.82) is 0 Å². The average Bonchev–Trinajstić information content (AvgIpc) is 2.75. The van der Waals surface area contributed by atoms with Crippen LogP contribution in [0.1, 0.15) is 43.7 Å². The van der Waals surface area contributed by atoms with Crippen molar-refractivity contribution < 1.29 is 4.74 Å². The van der Waals surface area contributed by atoms with Gasteiger partial charge >= 0.3 is 0 Å². The first-order valence-corrected chi connectivity index (χ1v) is 6.76. The van der Waals surface area contributed by atoms with Crippen molar-refractivity contribution in [2.24, 2.45) is 5.73 Å². The Morgan fingerprint density at radius 2 is 2.06 bits per heavy atom. The van der Waals surface area contributed by atoms with Crippen molar-refractivity contribution in [2.75, 3.05) is 6.61 Å². The van der Waals surface area contributed by atoms with Gasteiger partial charge in [-0.1, -0.05) is 6.07 Å². The predicted octanol–water partition coefficient (Wildman–Crippen LogP) is 3.07. The van der Waals surface area contributed by atoms with Crippen molar-refractivity contribution in [3.05, 3.63) is 29.3 Å². The van der Waals surface area contributed by atoms with E-state index in [0.29, 0.717) is 6.04 Å². The topological polar surface area (TPSA) is 35.2 Å². The van der Waals surface area contributed by atoms with Crippen LogP contribution in [0.3, 0.4) is 0 Å². The molecule has 17 heavy (non-hydrogen) atoms. The third-order valence-electron chi connectivity index (χ3n) is 3.39. The Bertz CT molecular complexity index is 360. The Balaban J connectivity index is 1.72. The molecule has 0 spiro atoms. The minimum absolute atomic E-state index is 0.315. The number of ether oxygens (including phenoxy) is 1. The quantitative estimate of drug-likeness (QED) is 0.766. The molecule has 0 bridgehead atoms. The highest BCUT2D eigenvalue weighted by atomic mass is 16.5. The van der Waals surface area contributed by atoms with Gasteiger partial charge < -0.3 is 10.5 Å². The molecule has 1 aliphatic rings. The lowest BCUT2D eigenvalue weighted by atomic mass is 10.1. The standard InChI is InChI=1S/C15H23NO/c1-12(16)5-2-3-10-17-15-9-8-13-6-4-7-14(13)11-15/h8-9,11-12H,2-7,10,16H2,1H3. The van der Waals surface area contributed by atoms with Gasteiger partial charge in [-0.25, -0.2) is 0 Å². The number of hydrogen-bond acceptors (Lipinski definition) is 2. The van der Waals surface area contributed by atoms with E-state index in [9.17, 15) is 0 Å². The van der Waals surface area contributed by atoms with Gasteiger partial charge in [-0.3, -0.25) is 0 Å². The number of benzene rings is 1. The molecule has 1 aliphatic carbocycles. The van der Waals surface area contributed by atoms with E-state index >= 15 is 0 Å². The Morgan fingerprint density at radius 3 is 2.88 bits per heavy atom. The number of hydrogen-bond donors (Lipinski definition) is 1. The van der Waals surface area contributed by atoms with E-state index < -0.39 is 0 Å². The molecule has 0 saturated carbocycles. The van der Waals surface area contributed by atoms with Crippen molar-refractivity contribution in [3.8, 4) is 5.75 Å². The molecular weight excluding hydrogens is 210 g/mol. The van der Waals surface area contributed by atoms with Gasteiger partial charge in [-0.05, 0) is 68.7 Å². The van der Waals surface area contributed by atoms with Crippen LogP contribution in [0.15, 0.2) is 18.2 Å².